The first-order chi connectivity index (χ1) is 13.0. The molecule has 1 aromatic heterocycles. The van der Waals surface area contributed by atoms with Crippen LogP contribution in [-0.4, -0.2) is 9.97 Å². The van der Waals surface area contributed by atoms with Crippen molar-refractivity contribution in [1.82, 2.24) is 9.97 Å². The molecule has 1 heterocycles. The maximum Gasteiger partial charge on any atom is 0.325 e. The molecule has 5 nitrogen and oxygen atoms in total. The number of benzene rings is 2. The molecular formula is C22H24N2O3. The van der Waals surface area contributed by atoms with E-state index in [0.29, 0.717) is 24.3 Å². The second kappa shape index (κ2) is 8.64. The molecule has 0 aliphatic heterocycles. The number of hydrogen-bond acceptors (Lipinski definition) is 3. The van der Waals surface area contributed by atoms with Gasteiger partial charge in [-0.15, -0.1) is 0 Å². The Hall–Kier alpha value is -2.92. The maximum atomic E-state index is 12.4. The molecular weight excluding hydrogens is 340 g/mol. The lowest BCUT2D eigenvalue weighted by atomic mass is 9.96. The first-order valence-corrected chi connectivity index (χ1v) is 9.10. The van der Waals surface area contributed by atoms with E-state index in [1.165, 1.54) is 0 Å². The lowest BCUT2D eigenvalue weighted by Crippen LogP contribution is -2.31. The lowest BCUT2D eigenvalue weighted by molar-refractivity contribution is 0.0359. The third-order valence-corrected chi connectivity index (χ3v) is 4.47. The molecule has 2 N–H and O–H groups in total. The Labute approximate surface area is 158 Å². The molecule has 140 valence electrons. The van der Waals surface area contributed by atoms with Gasteiger partial charge < -0.3 is 9.72 Å². The Morgan fingerprint density at radius 2 is 1.44 bits per heavy atom. The van der Waals surface area contributed by atoms with Gasteiger partial charge in [-0.2, -0.15) is 0 Å². The molecule has 27 heavy (non-hydrogen) atoms. The SMILES string of the molecule is CC(C)c1c(C(Cc2ccccc2)OCc2ccccc2)[nH]c(=O)[nH]c1=O. The normalized spacial score (nSPS) is 12.3. The molecule has 0 aliphatic rings. The fraction of sp³-hybridized carbons (Fsp3) is 0.273. The van der Waals surface area contributed by atoms with E-state index in [0.717, 1.165) is 11.1 Å². The van der Waals surface area contributed by atoms with Gasteiger partial charge in [0.2, 0.25) is 0 Å². The standard InChI is InChI=1S/C22H24N2O3/c1-15(2)19-20(23-22(26)24-21(19)25)18(13-16-9-5-3-6-10-16)27-14-17-11-7-4-8-12-17/h3-12,15,18H,13-14H2,1-2H3,(H2,23,24,25,26). The average Bonchev–Trinajstić information content (AvgIpc) is 2.65. The summed E-state index contributed by atoms with van der Waals surface area (Å²) in [6.07, 6.45) is 0.132. The van der Waals surface area contributed by atoms with Gasteiger partial charge >= 0.3 is 5.69 Å². The summed E-state index contributed by atoms with van der Waals surface area (Å²) in [6, 6.07) is 19.8. The van der Waals surface area contributed by atoms with Crippen molar-refractivity contribution in [1.29, 1.82) is 0 Å². The van der Waals surface area contributed by atoms with Crippen molar-refractivity contribution in [2.75, 3.05) is 0 Å². The van der Waals surface area contributed by atoms with Crippen molar-refractivity contribution in [2.45, 2.75) is 38.9 Å². The Morgan fingerprint density at radius 3 is 2.04 bits per heavy atom. The van der Waals surface area contributed by atoms with Crippen molar-refractivity contribution >= 4 is 0 Å². The molecule has 5 heteroatoms. The third-order valence-electron chi connectivity index (χ3n) is 4.47. The second-order valence-corrected chi connectivity index (χ2v) is 6.87. The molecule has 1 unspecified atom stereocenters. The summed E-state index contributed by atoms with van der Waals surface area (Å²) < 4.78 is 6.20. The van der Waals surface area contributed by atoms with Crippen LogP contribution in [0.3, 0.4) is 0 Å². The Balaban J connectivity index is 1.98. The highest BCUT2D eigenvalue weighted by Crippen LogP contribution is 2.26. The van der Waals surface area contributed by atoms with E-state index in [1.54, 1.807) is 0 Å². The van der Waals surface area contributed by atoms with Crippen molar-refractivity contribution in [3.8, 4) is 0 Å². The number of H-pyrrole nitrogens is 2. The van der Waals surface area contributed by atoms with Crippen LogP contribution in [0.2, 0.25) is 0 Å². The van der Waals surface area contributed by atoms with Gasteiger partial charge in [-0.1, -0.05) is 74.5 Å². The second-order valence-electron chi connectivity index (χ2n) is 6.87. The Morgan fingerprint density at radius 1 is 0.852 bits per heavy atom. The molecule has 0 saturated heterocycles. The minimum atomic E-state index is -0.513. The molecule has 3 aromatic rings. The molecule has 0 saturated carbocycles. The van der Waals surface area contributed by atoms with Crippen LogP contribution >= 0.6 is 0 Å². The zero-order valence-electron chi connectivity index (χ0n) is 15.6. The predicted molar refractivity (Wildman–Crippen MR) is 106 cm³/mol. The molecule has 0 aliphatic carbocycles. The average molecular weight is 364 g/mol. The predicted octanol–water partition coefficient (Wildman–Crippen LogP) is 3.69. The monoisotopic (exact) mass is 364 g/mol. The number of hydrogen-bond donors (Lipinski definition) is 2. The smallest absolute Gasteiger partial charge is 0.325 e. The largest absolute Gasteiger partial charge is 0.367 e. The minimum Gasteiger partial charge on any atom is -0.367 e. The number of rotatable bonds is 7. The number of nitrogens with one attached hydrogen (secondary N) is 2. The van der Waals surface area contributed by atoms with Crippen LogP contribution < -0.4 is 11.2 Å². The van der Waals surface area contributed by atoms with Gasteiger partial charge in [0.1, 0.15) is 6.10 Å². The van der Waals surface area contributed by atoms with Gasteiger partial charge in [-0.25, -0.2) is 4.79 Å². The van der Waals surface area contributed by atoms with Crippen LogP contribution in [-0.2, 0) is 17.8 Å². The van der Waals surface area contributed by atoms with E-state index >= 15 is 0 Å². The van der Waals surface area contributed by atoms with E-state index in [2.05, 4.69) is 9.97 Å². The molecule has 0 fully saturated rings. The fourth-order valence-corrected chi connectivity index (χ4v) is 3.18. The molecule has 3 rings (SSSR count). The van der Waals surface area contributed by atoms with E-state index in [4.69, 9.17) is 4.74 Å². The maximum absolute atomic E-state index is 12.4. The van der Waals surface area contributed by atoms with Gasteiger partial charge in [0.25, 0.3) is 5.56 Å². The number of aromatic amines is 2. The van der Waals surface area contributed by atoms with Gasteiger partial charge in [-0.05, 0) is 17.0 Å². The third kappa shape index (κ3) is 4.83. The van der Waals surface area contributed by atoms with E-state index in [9.17, 15) is 9.59 Å². The number of ether oxygens (including phenoxy) is 1. The fourth-order valence-electron chi connectivity index (χ4n) is 3.18. The summed E-state index contributed by atoms with van der Waals surface area (Å²) in [7, 11) is 0. The van der Waals surface area contributed by atoms with E-state index in [-0.39, 0.29) is 11.5 Å². The van der Waals surface area contributed by atoms with Crippen LogP contribution in [0.5, 0.6) is 0 Å². The van der Waals surface area contributed by atoms with Crippen molar-refractivity contribution in [3.63, 3.8) is 0 Å². The topological polar surface area (TPSA) is 75.0 Å². The van der Waals surface area contributed by atoms with E-state index in [1.807, 2.05) is 74.5 Å². The van der Waals surface area contributed by atoms with Gasteiger partial charge in [-0.3, -0.25) is 9.78 Å². The molecule has 0 bridgehead atoms. The molecule has 0 spiro atoms. The zero-order valence-corrected chi connectivity index (χ0v) is 15.6. The summed E-state index contributed by atoms with van der Waals surface area (Å²) in [5.41, 5.74) is 2.35. The first kappa shape index (κ1) is 18.9. The van der Waals surface area contributed by atoms with E-state index < -0.39 is 11.8 Å². The lowest BCUT2D eigenvalue weighted by Gasteiger charge is -2.22. The first-order valence-electron chi connectivity index (χ1n) is 9.10. The highest BCUT2D eigenvalue weighted by Gasteiger charge is 2.22. The summed E-state index contributed by atoms with van der Waals surface area (Å²) in [4.78, 5) is 29.5. The summed E-state index contributed by atoms with van der Waals surface area (Å²) in [5, 5.41) is 0. The van der Waals surface area contributed by atoms with Crippen molar-refractivity contribution < 1.29 is 4.74 Å². The number of aromatic nitrogens is 2. The van der Waals surface area contributed by atoms with Crippen LogP contribution in [0.15, 0.2) is 70.3 Å². The molecule has 2 aromatic carbocycles. The molecule has 0 radical (unpaired) electrons. The summed E-state index contributed by atoms with van der Waals surface area (Å²) >= 11 is 0. The quantitative estimate of drug-likeness (QED) is 0.671. The summed E-state index contributed by atoms with van der Waals surface area (Å²) in [5.74, 6) is -0.0424. The minimum absolute atomic E-state index is 0.0424. The van der Waals surface area contributed by atoms with Gasteiger partial charge in [0.15, 0.2) is 0 Å². The Kier molecular flexibility index (Phi) is 6.04. The zero-order chi connectivity index (χ0) is 19.2. The highest BCUT2D eigenvalue weighted by atomic mass is 16.5. The van der Waals surface area contributed by atoms with Crippen molar-refractivity contribution in [3.05, 3.63) is 104 Å². The summed E-state index contributed by atoms with van der Waals surface area (Å²) in [6.45, 7) is 4.26. The Bertz CT molecular complexity index is 976. The molecule has 0 amide bonds. The molecule has 1 atom stereocenters. The van der Waals surface area contributed by atoms with Crippen molar-refractivity contribution in [2.24, 2.45) is 0 Å². The van der Waals surface area contributed by atoms with Crippen LogP contribution in [0, 0.1) is 0 Å². The van der Waals surface area contributed by atoms with Gasteiger partial charge in [0, 0.05) is 12.0 Å². The van der Waals surface area contributed by atoms with Crippen LogP contribution in [0.25, 0.3) is 0 Å². The van der Waals surface area contributed by atoms with Crippen LogP contribution in [0.4, 0.5) is 0 Å². The highest BCUT2D eigenvalue weighted by molar-refractivity contribution is 5.25. The van der Waals surface area contributed by atoms with Gasteiger partial charge in [0.05, 0.1) is 12.3 Å². The van der Waals surface area contributed by atoms with Crippen LogP contribution in [0.1, 0.15) is 48.3 Å².